The largest absolute Gasteiger partial charge is 0.491 e. The highest BCUT2D eigenvalue weighted by molar-refractivity contribution is 9.10. The van der Waals surface area contributed by atoms with Gasteiger partial charge in [-0.2, -0.15) is 0 Å². The number of halogens is 1. The fourth-order valence-corrected chi connectivity index (χ4v) is 3.69. The first-order valence-electron chi connectivity index (χ1n) is 9.11. The molecule has 1 aliphatic heterocycles. The third kappa shape index (κ3) is 3.87. The number of carbonyl (C=O) groups is 1. The van der Waals surface area contributed by atoms with Crippen molar-refractivity contribution in [2.24, 2.45) is 0 Å². The summed E-state index contributed by atoms with van der Waals surface area (Å²) >= 11 is 3.57. The minimum Gasteiger partial charge on any atom is -0.491 e. The van der Waals surface area contributed by atoms with E-state index in [2.05, 4.69) is 31.3 Å². The topological polar surface area (TPSA) is 87.0 Å². The van der Waals surface area contributed by atoms with Crippen LogP contribution in [0.1, 0.15) is 32.4 Å². The van der Waals surface area contributed by atoms with Crippen molar-refractivity contribution in [3.63, 3.8) is 0 Å². The second-order valence-corrected chi connectivity index (χ2v) is 8.41. The van der Waals surface area contributed by atoms with Gasteiger partial charge in [0.2, 0.25) is 5.88 Å². The maximum absolute atomic E-state index is 12.1. The second kappa shape index (κ2) is 7.22. The number of fused-ring (bicyclic) bond motifs is 2. The van der Waals surface area contributed by atoms with E-state index in [4.69, 9.17) is 14.2 Å². The molecule has 9 heteroatoms. The van der Waals surface area contributed by atoms with E-state index in [0.717, 1.165) is 16.8 Å². The van der Waals surface area contributed by atoms with E-state index in [0.29, 0.717) is 28.5 Å². The van der Waals surface area contributed by atoms with Crippen LogP contribution in [-0.4, -0.2) is 40.0 Å². The molecule has 4 rings (SSSR count). The Balaban J connectivity index is 1.61. The Hall–Kier alpha value is -2.81. The van der Waals surface area contributed by atoms with Gasteiger partial charge in [0.05, 0.1) is 13.2 Å². The summed E-state index contributed by atoms with van der Waals surface area (Å²) in [4.78, 5) is 16.7. The van der Waals surface area contributed by atoms with Crippen LogP contribution in [0.2, 0.25) is 0 Å². The van der Waals surface area contributed by atoms with Gasteiger partial charge in [0.1, 0.15) is 28.3 Å². The molecule has 0 bridgehead atoms. The fraction of sp³-hybridized carbons (Fsp3) is 0.350. The quantitative estimate of drug-likeness (QED) is 0.632. The van der Waals surface area contributed by atoms with Crippen LogP contribution in [0.25, 0.3) is 16.9 Å². The lowest BCUT2D eigenvalue weighted by atomic mass is 10.0. The highest BCUT2D eigenvalue weighted by Gasteiger charge is 2.28. The van der Waals surface area contributed by atoms with Crippen molar-refractivity contribution in [2.75, 3.05) is 13.7 Å². The van der Waals surface area contributed by atoms with Crippen molar-refractivity contribution in [3.8, 4) is 22.9 Å². The van der Waals surface area contributed by atoms with Crippen LogP contribution in [0.5, 0.6) is 11.6 Å². The lowest BCUT2D eigenvalue weighted by Crippen LogP contribution is -2.35. The summed E-state index contributed by atoms with van der Waals surface area (Å²) in [6.45, 7) is 5.84. The minimum atomic E-state index is -0.553. The van der Waals surface area contributed by atoms with Crippen LogP contribution < -0.4 is 14.8 Å². The van der Waals surface area contributed by atoms with Gasteiger partial charge in [-0.1, -0.05) is 12.1 Å². The van der Waals surface area contributed by atoms with Gasteiger partial charge in [-0.05, 0) is 48.8 Å². The molecule has 0 aliphatic carbocycles. The summed E-state index contributed by atoms with van der Waals surface area (Å²) in [5.74, 6) is 1.20. The first-order chi connectivity index (χ1) is 13.7. The van der Waals surface area contributed by atoms with Crippen LogP contribution in [0.15, 0.2) is 34.9 Å². The zero-order valence-corrected chi connectivity index (χ0v) is 18.1. The van der Waals surface area contributed by atoms with Crippen molar-refractivity contribution in [2.45, 2.75) is 32.4 Å². The van der Waals surface area contributed by atoms with Crippen LogP contribution >= 0.6 is 15.9 Å². The normalized spacial score (nSPS) is 15.7. The number of rotatable bonds is 3. The van der Waals surface area contributed by atoms with Gasteiger partial charge in [-0.15, -0.1) is 5.10 Å². The molecule has 0 spiro atoms. The highest BCUT2D eigenvalue weighted by atomic mass is 79.9. The second-order valence-electron chi connectivity index (χ2n) is 7.66. The Morgan fingerprint density at radius 2 is 2.10 bits per heavy atom. The van der Waals surface area contributed by atoms with E-state index >= 15 is 0 Å². The number of alkyl carbamates (subject to hydrolysis) is 1. The number of hydrogen-bond donors (Lipinski definition) is 1. The zero-order chi connectivity index (χ0) is 20.8. The van der Waals surface area contributed by atoms with Gasteiger partial charge in [0, 0.05) is 17.2 Å². The SMILES string of the molecule is COc1ccc2nc(-c3ccc4c(c3)OC[C@@H]4NC(=O)OC(C)(C)C)c(Br)n2n1. The van der Waals surface area contributed by atoms with Crippen molar-refractivity contribution in [3.05, 3.63) is 40.5 Å². The van der Waals surface area contributed by atoms with Gasteiger partial charge < -0.3 is 19.5 Å². The number of carbonyl (C=O) groups excluding carboxylic acids is 1. The standard InChI is InChI=1S/C20H21BrN4O4/c1-20(2,3)29-19(26)22-13-10-28-14-9-11(5-6-12(13)14)17-18(21)25-15(23-17)7-8-16(24-25)27-4/h5-9,13H,10H2,1-4H3,(H,22,26)/t13-/m0/s1. The van der Waals surface area contributed by atoms with Gasteiger partial charge in [0.25, 0.3) is 0 Å². The molecule has 0 unspecified atom stereocenters. The van der Waals surface area contributed by atoms with E-state index in [1.807, 2.05) is 45.0 Å². The predicted molar refractivity (Wildman–Crippen MR) is 110 cm³/mol. The molecule has 1 amide bonds. The van der Waals surface area contributed by atoms with E-state index in [-0.39, 0.29) is 6.04 Å². The van der Waals surface area contributed by atoms with E-state index in [1.54, 1.807) is 17.7 Å². The Bertz CT molecular complexity index is 1090. The maximum Gasteiger partial charge on any atom is 0.408 e. The smallest absolute Gasteiger partial charge is 0.408 e. The van der Waals surface area contributed by atoms with E-state index < -0.39 is 11.7 Å². The van der Waals surface area contributed by atoms with Crippen molar-refractivity contribution in [1.29, 1.82) is 0 Å². The maximum atomic E-state index is 12.1. The van der Waals surface area contributed by atoms with E-state index in [1.165, 1.54) is 0 Å². The third-order valence-electron chi connectivity index (χ3n) is 4.37. The minimum absolute atomic E-state index is 0.260. The van der Waals surface area contributed by atoms with Crippen LogP contribution in [0, 0.1) is 0 Å². The Labute approximate surface area is 176 Å². The number of hydrogen-bond acceptors (Lipinski definition) is 6. The molecular formula is C20H21BrN4O4. The van der Waals surface area contributed by atoms with Crippen molar-refractivity contribution < 1.29 is 19.0 Å². The first-order valence-corrected chi connectivity index (χ1v) is 9.90. The average molecular weight is 461 g/mol. The highest BCUT2D eigenvalue weighted by Crippen LogP contribution is 2.38. The summed E-state index contributed by atoms with van der Waals surface area (Å²) in [7, 11) is 1.57. The molecule has 29 heavy (non-hydrogen) atoms. The lowest BCUT2D eigenvalue weighted by Gasteiger charge is -2.21. The zero-order valence-electron chi connectivity index (χ0n) is 16.5. The molecule has 152 valence electrons. The molecule has 0 saturated heterocycles. The molecular weight excluding hydrogens is 440 g/mol. The fourth-order valence-electron chi connectivity index (χ4n) is 3.11. The number of benzene rings is 1. The predicted octanol–water partition coefficient (Wildman–Crippen LogP) is 4.13. The van der Waals surface area contributed by atoms with Crippen LogP contribution in [0.3, 0.4) is 0 Å². The third-order valence-corrected chi connectivity index (χ3v) is 5.08. The molecule has 3 aromatic rings. The molecule has 1 atom stereocenters. The van der Waals surface area contributed by atoms with Crippen LogP contribution in [-0.2, 0) is 4.74 Å². The molecule has 1 aliphatic rings. The lowest BCUT2D eigenvalue weighted by molar-refractivity contribution is 0.0497. The first kappa shape index (κ1) is 19.5. The molecule has 2 aromatic heterocycles. The summed E-state index contributed by atoms with van der Waals surface area (Å²) < 4.78 is 18.7. The van der Waals surface area contributed by atoms with Crippen molar-refractivity contribution >= 4 is 27.7 Å². The summed E-state index contributed by atoms with van der Waals surface area (Å²) in [5.41, 5.74) is 2.65. The molecule has 0 fully saturated rings. The molecule has 0 radical (unpaired) electrons. The number of nitrogens with zero attached hydrogens (tertiary/aromatic N) is 3. The molecule has 3 heterocycles. The van der Waals surface area contributed by atoms with Gasteiger partial charge in [0.15, 0.2) is 5.65 Å². The van der Waals surface area contributed by atoms with E-state index in [9.17, 15) is 4.79 Å². The number of amides is 1. The van der Waals surface area contributed by atoms with Crippen molar-refractivity contribution in [1.82, 2.24) is 19.9 Å². The molecule has 0 saturated carbocycles. The number of aromatic nitrogens is 3. The van der Waals surface area contributed by atoms with Gasteiger partial charge in [-0.25, -0.2) is 14.3 Å². The summed E-state index contributed by atoms with van der Waals surface area (Å²) in [5, 5.41) is 7.24. The monoisotopic (exact) mass is 460 g/mol. The Kier molecular flexibility index (Phi) is 4.85. The molecule has 1 aromatic carbocycles. The van der Waals surface area contributed by atoms with Gasteiger partial charge in [-0.3, -0.25) is 0 Å². The number of nitrogens with one attached hydrogen (secondary N) is 1. The Morgan fingerprint density at radius 1 is 1.31 bits per heavy atom. The number of ether oxygens (including phenoxy) is 3. The molecule has 8 nitrogen and oxygen atoms in total. The Morgan fingerprint density at radius 3 is 2.83 bits per heavy atom. The van der Waals surface area contributed by atoms with Crippen LogP contribution in [0.4, 0.5) is 4.79 Å². The number of methoxy groups -OCH3 is 1. The summed E-state index contributed by atoms with van der Waals surface area (Å²) in [6.07, 6.45) is -0.467. The number of imidazole rings is 1. The average Bonchev–Trinajstić information content (AvgIpc) is 3.20. The molecule has 1 N–H and O–H groups in total. The van der Waals surface area contributed by atoms with Gasteiger partial charge >= 0.3 is 6.09 Å². The summed E-state index contributed by atoms with van der Waals surface area (Å²) in [6, 6.07) is 9.13.